The lowest BCUT2D eigenvalue weighted by molar-refractivity contribution is -0.117. The van der Waals surface area contributed by atoms with E-state index in [2.05, 4.69) is 5.32 Å². The van der Waals surface area contributed by atoms with Crippen molar-refractivity contribution < 1.29 is 28.5 Å². The fraction of sp³-hybridized carbons (Fsp3) is 0.259. The number of ether oxygens (including phenoxy) is 4. The first-order valence-corrected chi connectivity index (χ1v) is 11.6. The van der Waals surface area contributed by atoms with E-state index in [0.29, 0.717) is 51.4 Å². The lowest BCUT2D eigenvalue weighted by atomic mass is 10.00. The summed E-state index contributed by atoms with van der Waals surface area (Å²) in [5.74, 6) is 1.36. The Bertz CT molecular complexity index is 1270. The molecule has 2 amide bonds. The van der Waals surface area contributed by atoms with Crippen LogP contribution in [0.15, 0.2) is 54.6 Å². The third-order valence-electron chi connectivity index (χ3n) is 6.11. The highest BCUT2D eigenvalue weighted by Gasteiger charge is 2.35. The summed E-state index contributed by atoms with van der Waals surface area (Å²) in [7, 11) is 6.08. The van der Waals surface area contributed by atoms with Gasteiger partial charge in [-0.15, -0.1) is 0 Å². The van der Waals surface area contributed by atoms with E-state index in [1.165, 1.54) is 28.4 Å². The molecule has 0 radical (unpaired) electrons. The molecule has 3 aromatic rings. The number of fused-ring (bicyclic) bond motifs is 1. The highest BCUT2D eigenvalue weighted by atomic mass is 35.5. The number of nitrogens with zero attached hydrogens (tertiary/aromatic N) is 1. The van der Waals surface area contributed by atoms with Gasteiger partial charge in [-0.25, -0.2) is 0 Å². The zero-order valence-electron chi connectivity index (χ0n) is 20.5. The van der Waals surface area contributed by atoms with Crippen molar-refractivity contribution in [3.63, 3.8) is 0 Å². The van der Waals surface area contributed by atoms with Crippen molar-refractivity contribution in [3.8, 4) is 23.0 Å². The van der Waals surface area contributed by atoms with Gasteiger partial charge >= 0.3 is 0 Å². The quantitative estimate of drug-likeness (QED) is 0.431. The third-order valence-corrected chi connectivity index (χ3v) is 6.41. The van der Waals surface area contributed by atoms with E-state index in [9.17, 15) is 9.59 Å². The van der Waals surface area contributed by atoms with Crippen LogP contribution in [0, 0.1) is 0 Å². The SMILES string of the molecule is COc1ccc(NC(=O)C[C@@H](c2cc(OC)c(OC)c(OC)c2)N2Cc3ccccc3C2=O)cc1Cl. The Labute approximate surface area is 214 Å². The van der Waals surface area contributed by atoms with Crippen molar-refractivity contribution >= 4 is 29.1 Å². The summed E-state index contributed by atoms with van der Waals surface area (Å²) in [5.41, 5.74) is 2.72. The molecule has 3 aromatic carbocycles. The lowest BCUT2D eigenvalue weighted by Crippen LogP contribution is -2.32. The number of nitrogens with one attached hydrogen (secondary N) is 1. The van der Waals surface area contributed by atoms with E-state index in [1.807, 2.05) is 18.2 Å². The molecule has 0 aliphatic carbocycles. The maximum absolute atomic E-state index is 13.4. The van der Waals surface area contributed by atoms with Crippen LogP contribution >= 0.6 is 11.6 Å². The number of rotatable bonds is 9. The molecule has 1 atom stereocenters. The van der Waals surface area contributed by atoms with Crippen LogP contribution in [0.3, 0.4) is 0 Å². The standard InChI is InChI=1S/C27H27ClN2O6/c1-33-22-10-9-18(13-20(22)28)29-25(31)14-21(30-15-16-7-5-6-8-19(16)27(30)32)17-11-23(34-2)26(36-4)24(12-17)35-3/h5-13,21H,14-15H2,1-4H3,(H,29,31)/t21-/m0/s1. The molecule has 8 nitrogen and oxygen atoms in total. The largest absolute Gasteiger partial charge is 0.495 e. The van der Waals surface area contributed by atoms with E-state index in [-0.39, 0.29) is 18.2 Å². The van der Waals surface area contributed by atoms with Crippen LogP contribution in [0.5, 0.6) is 23.0 Å². The topological polar surface area (TPSA) is 86.3 Å². The molecule has 4 rings (SSSR count). The van der Waals surface area contributed by atoms with E-state index >= 15 is 0 Å². The summed E-state index contributed by atoms with van der Waals surface area (Å²) in [5, 5.41) is 3.25. The zero-order valence-corrected chi connectivity index (χ0v) is 21.2. The predicted molar refractivity (Wildman–Crippen MR) is 136 cm³/mol. The van der Waals surface area contributed by atoms with Crippen LogP contribution < -0.4 is 24.3 Å². The first-order valence-electron chi connectivity index (χ1n) is 11.2. The molecule has 1 aliphatic heterocycles. The Morgan fingerprint density at radius 1 is 0.944 bits per heavy atom. The molecule has 0 unspecified atom stereocenters. The van der Waals surface area contributed by atoms with Gasteiger partial charge < -0.3 is 29.2 Å². The second-order valence-corrected chi connectivity index (χ2v) is 8.57. The highest BCUT2D eigenvalue weighted by Crippen LogP contribution is 2.43. The fourth-order valence-electron chi connectivity index (χ4n) is 4.36. The summed E-state index contributed by atoms with van der Waals surface area (Å²) in [4.78, 5) is 28.3. The minimum Gasteiger partial charge on any atom is -0.495 e. The molecule has 1 heterocycles. The summed E-state index contributed by atoms with van der Waals surface area (Å²) in [6.07, 6.45) is -0.0119. The molecule has 36 heavy (non-hydrogen) atoms. The van der Waals surface area contributed by atoms with Gasteiger partial charge in [0.1, 0.15) is 5.75 Å². The molecule has 0 bridgehead atoms. The monoisotopic (exact) mass is 510 g/mol. The summed E-state index contributed by atoms with van der Waals surface area (Å²) >= 11 is 6.22. The van der Waals surface area contributed by atoms with Crippen LogP contribution in [0.25, 0.3) is 0 Å². The van der Waals surface area contributed by atoms with Crippen LogP contribution in [-0.4, -0.2) is 45.2 Å². The van der Waals surface area contributed by atoms with Crippen molar-refractivity contribution in [2.45, 2.75) is 19.0 Å². The van der Waals surface area contributed by atoms with Gasteiger partial charge in [0.15, 0.2) is 11.5 Å². The van der Waals surface area contributed by atoms with Gasteiger partial charge in [-0.05, 0) is 47.5 Å². The number of halogens is 1. The van der Waals surface area contributed by atoms with Gasteiger partial charge in [0, 0.05) is 17.8 Å². The molecular weight excluding hydrogens is 484 g/mol. The van der Waals surface area contributed by atoms with Gasteiger partial charge in [-0.2, -0.15) is 0 Å². The zero-order chi connectivity index (χ0) is 25.8. The molecule has 0 saturated carbocycles. The summed E-state index contributed by atoms with van der Waals surface area (Å²) < 4.78 is 21.7. The van der Waals surface area contributed by atoms with Gasteiger partial charge in [0.2, 0.25) is 11.7 Å². The van der Waals surface area contributed by atoms with Crippen molar-refractivity contribution in [1.29, 1.82) is 0 Å². The van der Waals surface area contributed by atoms with Crippen molar-refractivity contribution in [2.75, 3.05) is 33.8 Å². The summed E-state index contributed by atoms with van der Waals surface area (Å²) in [6, 6.07) is 15.3. The number of amides is 2. The number of carbonyl (C=O) groups is 2. The second-order valence-electron chi connectivity index (χ2n) is 8.17. The van der Waals surface area contributed by atoms with Gasteiger partial charge in [0.05, 0.1) is 45.9 Å². The smallest absolute Gasteiger partial charge is 0.255 e. The molecule has 0 fully saturated rings. The van der Waals surface area contributed by atoms with Gasteiger partial charge in [0.25, 0.3) is 5.91 Å². The Balaban J connectivity index is 1.70. The molecule has 0 aromatic heterocycles. The van der Waals surface area contributed by atoms with E-state index < -0.39 is 6.04 Å². The molecule has 9 heteroatoms. The van der Waals surface area contributed by atoms with Crippen LogP contribution in [-0.2, 0) is 11.3 Å². The number of hydrogen-bond donors (Lipinski definition) is 1. The molecular formula is C27H27ClN2O6. The predicted octanol–water partition coefficient (Wildman–Crippen LogP) is 5.10. The van der Waals surface area contributed by atoms with Gasteiger partial charge in [-0.3, -0.25) is 9.59 Å². The van der Waals surface area contributed by atoms with Gasteiger partial charge in [-0.1, -0.05) is 29.8 Å². The molecule has 1 aliphatic rings. The molecule has 0 spiro atoms. The number of carbonyl (C=O) groups excluding carboxylic acids is 2. The third kappa shape index (κ3) is 4.90. The Kier molecular flexibility index (Phi) is 7.55. The second kappa shape index (κ2) is 10.8. The van der Waals surface area contributed by atoms with Crippen LogP contribution in [0.1, 0.15) is 33.9 Å². The Morgan fingerprint density at radius 3 is 2.19 bits per heavy atom. The molecule has 0 saturated heterocycles. The van der Waals surface area contributed by atoms with E-state index in [4.69, 9.17) is 30.5 Å². The molecule has 1 N–H and O–H groups in total. The first kappa shape index (κ1) is 25.2. The van der Waals surface area contributed by atoms with E-state index in [1.54, 1.807) is 41.3 Å². The average Bonchev–Trinajstić information content (AvgIpc) is 3.22. The number of anilines is 1. The number of methoxy groups -OCH3 is 4. The molecule has 188 valence electrons. The average molecular weight is 511 g/mol. The maximum atomic E-state index is 13.4. The Hall–Kier alpha value is -3.91. The van der Waals surface area contributed by atoms with Crippen molar-refractivity contribution in [3.05, 3.63) is 76.3 Å². The minimum absolute atomic E-state index is 0.0119. The van der Waals surface area contributed by atoms with Crippen LogP contribution in [0.4, 0.5) is 5.69 Å². The highest BCUT2D eigenvalue weighted by molar-refractivity contribution is 6.32. The van der Waals surface area contributed by atoms with E-state index in [0.717, 1.165) is 5.56 Å². The number of hydrogen-bond acceptors (Lipinski definition) is 6. The Morgan fingerprint density at radius 2 is 1.61 bits per heavy atom. The lowest BCUT2D eigenvalue weighted by Gasteiger charge is -2.29. The fourth-order valence-corrected chi connectivity index (χ4v) is 4.62. The van der Waals surface area contributed by atoms with Crippen molar-refractivity contribution in [1.82, 2.24) is 4.90 Å². The normalized spacial score (nSPS) is 13.1. The van der Waals surface area contributed by atoms with Crippen LogP contribution in [0.2, 0.25) is 5.02 Å². The van der Waals surface area contributed by atoms with Crippen molar-refractivity contribution in [2.24, 2.45) is 0 Å². The maximum Gasteiger partial charge on any atom is 0.255 e. The first-order chi connectivity index (χ1) is 17.4. The minimum atomic E-state index is -0.604. The number of benzene rings is 3. The summed E-state index contributed by atoms with van der Waals surface area (Å²) in [6.45, 7) is 0.373.